The molecule has 0 saturated heterocycles. The van der Waals surface area contributed by atoms with Crippen LogP contribution in [0, 0.1) is 19.7 Å². The average molecular weight is 555 g/mol. The lowest BCUT2D eigenvalue weighted by Gasteiger charge is -2.34. The highest BCUT2D eigenvalue weighted by Crippen LogP contribution is 2.53. The number of anilines is 1. The number of amides is 2. The van der Waals surface area contributed by atoms with Gasteiger partial charge >= 0.3 is 0 Å². The zero-order valence-electron chi connectivity index (χ0n) is 23.5. The lowest BCUT2D eigenvalue weighted by Crippen LogP contribution is -2.53. The van der Waals surface area contributed by atoms with E-state index < -0.39 is 22.8 Å². The van der Waals surface area contributed by atoms with Gasteiger partial charge in [-0.2, -0.15) is 0 Å². The van der Waals surface area contributed by atoms with Crippen LogP contribution >= 0.6 is 0 Å². The third-order valence-corrected chi connectivity index (χ3v) is 8.08. The topological polar surface area (TPSA) is 80.1 Å². The Kier molecular flexibility index (Phi) is 6.53. The van der Waals surface area contributed by atoms with Gasteiger partial charge in [-0.15, -0.1) is 0 Å². The number of halogens is 1. The van der Waals surface area contributed by atoms with Crippen LogP contribution in [0.3, 0.4) is 0 Å². The second-order valence-corrected chi connectivity index (χ2v) is 11.0. The van der Waals surface area contributed by atoms with E-state index in [0.29, 0.717) is 40.8 Å². The largest absolute Gasteiger partial charge is 0.450 e. The second kappa shape index (κ2) is 9.96. The van der Waals surface area contributed by atoms with Crippen LogP contribution in [0.15, 0.2) is 69.9 Å². The second-order valence-electron chi connectivity index (χ2n) is 11.0. The summed E-state index contributed by atoms with van der Waals surface area (Å²) in [5.41, 5.74) is 1.93. The van der Waals surface area contributed by atoms with Gasteiger partial charge in [-0.3, -0.25) is 14.4 Å². The minimum atomic E-state index is -1.70. The van der Waals surface area contributed by atoms with Gasteiger partial charge in [0.2, 0.25) is 5.76 Å². The minimum absolute atomic E-state index is 0.00972. The van der Waals surface area contributed by atoms with E-state index in [1.54, 1.807) is 41.3 Å². The molecule has 0 fully saturated rings. The van der Waals surface area contributed by atoms with E-state index in [1.807, 2.05) is 39.8 Å². The molecule has 1 spiro atoms. The van der Waals surface area contributed by atoms with Crippen LogP contribution in [0.5, 0.6) is 0 Å². The molecule has 0 radical (unpaired) electrons. The lowest BCUT2D eigenvalue weighted by atomic mass is 9.83. The lowest BCUT2D eigenvalue weighted by molar-refractivity contribution is -0.126. The number of benzene rings is 3. The summed E-state index contributed by atoms with van der Waals surface area (Å²) in [7, 11) is 0. The van der Waals surface area contributed by atoms with Gasteiger partial charge in [-0.05, 0) is 81.1 Å². The molecule has 3 heterocycles. The number of para-hydroxylation sites is 1. The quantitative estimate of drug-likeness (QED) is 0.278. The Hall–Kier alpha value is -4.30. The molecule has 6 rings (SSSR count). The zero-order chi connectivity index (χ0) is 29.1. The number of fused-ring (bicyclic) bond motifs is 5. The predicted octanol–water partition coefficient (Wildman–Crippen LogP) is 5.61. The molecule has 41 heavy (non-hydrogen) atoms. The smallest absolute Gasteiger partial charge is 0.291 e. The van der Waals surface area contributed by atoms with Gasteiger partial charge in [0.25, 0.3) is 11.8 Å². The summed E-state index contributed by atoms with van der Waals surface area (Å²) in [5.74, 6) is -1.41. The van der Waals surface area contributed by atoms with Gasteiger partial charge in [-0.25, -0.2) is 4.39 Å². The van der Waals surface area contributed by atoms with Crippen molar-refractivity contribution >= 4 is 28.5 Å². The molecule has 2 amide bonds. The molecule has 1 atom stereocenters. The molecule has 0 saturated carbocycles. The highest BCUT2D eigenvalue weighted by atomic mass is 19.1. The van der Waals surface area contributed by atoms with Gasteiger partial charge in [-0.1, -0.05) is 30.3 Å². The minimum Gasteiger partial charge on any atom is -0.450 e. The van der Waals surface area contributed by atoms with Crippen LogP contribution in [-0.2, 0) is 21.6 Å². The zero-order valence-corrected chi connectivity index (χ0v) is 23.5. The summed E-state index contributed by atoms with van der Waals surface area (Å²) in [6.07, 6.45) is 0.467. The average Bonchev–Trinajstić information content (AvgIpc) is 3.33. The monoisotopic (exact) mass is 554 g/mol. The number of carbonyl (C=O) groups is 2. The van der Waals surface area contributed by atoms with Crippen molar-refractivity contribution < 1.29 is 23.1 Å². The van der Waals surface area contributed by atoms with E-state index in [0.717, 1.165) is 11.1 Å². The standard InChI is InChI=1S/C33H31FN2O5/c1-19(2)40-15-7-14-36-31(38)30-28(29(37)24-16-20(3)21(4)17-27(24)41-30)33(36)25-8-5-6-9-26(25)35(32(33)39)18-22-10-12-23(34)13-11-22/h5-6,8-13,16-17,19H,7,14-15,18H2,1-4H3. The van der Waals surface area contributed by atoms with E-state index in [4.69, 9.17) is 9.15 Å². The normalized spacial score (nSPS) is 17.8. The SMILES string of the molecule is Cc1cc2oc3c(c(=O)c2cc1C)C1(C(=O)N(Cc2ccc(F)cc2)c2ccccc21)N(CCCOC(C)C)C3=O. The molecule has 0 N–H and O–H groups in total. The summed E-state index contributed by atoms with van der Waals surface area (Å²) in [6, 6.07) is 16.7. The summed E-state index contributed by atoms with van der Waals surface area (Å²) < 4.78 is 25.6. The number of carbonyl (C=O) groups excluding carboxylic acids is 2. The number of ether oxygens (including phenoxy) is 1. The first-order valence-electron chi connectivity index (χ1n) is 13.8. The highest BCUT2D eigenvalue weighted by molar-refractivity contribution is 6.17. The molecule has 1 aromatic heterocycles. The van der Waals surface area contributed by atoms with Crippen molar-refractivity contribution in [3.05, 3.63) is 110 Å². The van der Waals surface area contributed by atoms with E-state index >= 15 is 0 Å². The third kappa shape index (κ3) is 4.08. The Morgan fingerprint density at radius 2 is 1.68 bits per heavy atom. The summed E-state index contributed by atoms with van der Waals surface area (Å²) in [5, 5.41) is 0.325. The van der Waals surface area contributed by atoms with Gasteiger partial charge in [0.15, 0.2) is 11.0 Å². The van der Waals surface area contributed by atoms with Crippen molar-refractivity contribution in [2.75, 3.05) is 18.1 Å². The van der Waals surface area contributed by atoms with Gasteiger partial charge in [0.1, 0.15) is 11.4 Å². The first-order chi connectivity index (χ1) is 19.6. The maximum atomic E-state index is 14.8. The summed E-state index contributed by atoms with van der Waals surface area (Å²) >= 11 is 0. The van der Waals surface area contributed by atoms with Crippen LogP contribution in [0.1, 0.15) is 58.6 Å². The molecule has 2 aliphatic heterocycles. The van der Waals surface area contributed by atoms with E-state index in [2.05, 4.69) is 0 Å². The van der Waals surface area contributed by atoms with Gasteiger partial charge < -0.3 is 19.0 Å². The van der Waals surface area contributed by atoms with Gasteiger partial charge in [0, 0.05) is 18.7 Å². The van der Waals surface area contributed by atoms with Crippen LogP contribution in [0.25, 0.3) is 11.0 Å². The molecular weight excluding hydrogens is 523 g/mol. The van der Waals surface area contributed by atoms with E-state index in [9.17, 15) is 18.8 Å². The fourth-order valence-electron chi connectivity index (χ4n) is 6.02. The Morgan fingerprint density at radius 1 is 0.976 bits per heavy atom. The molecular formula is C33H31FN2O5. The molecule has 0 aliphatic carbocycles. The maximum Gasteiger partial charge on any atom is 0.291 e. The maximum absolute atomic E-state index is 14.8. The molecule has 3 aromatic carbocycles. The van der Waals surface area contributed by atoms with Crippen molar-refractivity contribution in [3.63, 3.8) is 0 Å². The number of rotatable bonds is 7. The Labute approximate surface area is 237 Å². The molecule has 0 bridgehead atoms. The molecule has 210 valence electrons. The van der Waals surface area contributed by atoms with Crippen molar-refractivity contribution in [3.8, 4) is 0 Å². The van der Waals surface area contributed by atoms with Crippen LogP contribution in [0.2, 0.25) is 0 Å². The number of hydrogen-bond donors (Lipinski definition) is 0. The van der Waals surface area contributed by atoms with Crippen LogP contribution < -0.4 is 10.3 Å². The molecule has 2 aliphatic rings. The van der Waals surface area contributed by atoms with E-state index in [1.165, 1.54) is 17.0 Å². The van der Waals surface area contributed by atoms with Crippen molar-refractivity contribution in [2.24, 2.45) is 0 Å². The fraction of sp³-hybridized carbons (Fsp3) is 0.303. The predicted molar refractivity (Wildman–Crippen MR) is 154 cm³/mol. The third-order valence-electron chi connectivity index (χ3n) is 8.08. The van der Waals surface area contributed by atoms with Crippen molar-refractivity contribution in [2.45, 2.75) is 52.3 Å². The molecule has 8 heteroatoms. The van der Waals surface area contributed by atoms with Crippen molar-refractivity contribution in [1.82, 2.24) is 4.90 Å². The van der Waals surface area contributed by atoms with Crippen molar-refractivity contribution in [1.29, 1.82) is 0 Å². The first-order valence-corrected chi connectivity index (χ1v) is 13.8. The molecule has 1 unspecified atom stereocenters. The molecule has 7 nitrogen and oxygen atoms in total. The fourth-order valence-corrected chi connectivity index (χ4v) is 6.02. The first kappa shape index (κ1) is 26.9. The van der Waals surface area contributed by atoms with Crippen LogP contribution in [0.4, 0.5) is 10.1 Å². The van der Waals surface area contributed by atoms with E-state index in [-0.39, 0.29) is 36.3 Å². The Balaban J connectivity index is 1.58. The highest BCUT2D eigenvalue weighted by Gasteiger charge is 2.64. The Morgan fingerprint density at radius 3 is 2.41 bits per heavy atom. The number of nitrogens with zero attached hydrogens (tertiary/aromatic N) is 2. The molecule has 4 aromatic rings. The summed E-state index contributed by atoms with van der Waals surface area (Å²) in [6.45, 7) is 8.38. The Bertz CT molecular complexity index is 1760. The number of hydrogen-bond acceptors (Lipinski definition) is 5. The number of aryl methyl sites for hydroxylation is 2. The summed E-state index contributed by atoms with van der Waals surface area (Å²) in [4.78, 5) is 46.3. The van der Waals surface area contributed by atoms with Crippen LogP contribution in [-0.4, -0.2) is 36.0 Å². The van der Waals surface area contributed by atoms with Gasteiger partial charge in [0.05, 0.1) is 29.3 Å².